The van der Waals surface area contributed by atoms with Crippen molar-refractivity contribution in [2.24, 2.45) is 0 Å². The Morgan fingerprint density at radius 3 is 2.23 bits per heavy atom. The van der Waals surface area contributed by atoms with E-state index < -0.39 is 0 Å². The summed E-state index contributed by atoms with van der Waals surface area (Å²) >= 11 is 1.72. The fraction of sp³-hybridized carbons (Fsp3) is 0.250. The topological polar surface area (TPSA) is 3.24 Å². The number of hydrogen-bond acceptors (Lipinski definition) is 2. The molecule has 1 aromatic heterocycles. The van der Waals surface area contributed by atoms with Gasteiger partial charge in [-0.2, -0.15) is 11.3 Å². The van der Waals surface area contributed by atoms with Crippen molar-refractivity contribution in [3.8, 4) is 0 Å². The van der Waals surface area contributed by atoms with E-state index in [1.54, 1.807) is 11.3 Å². The van der Waals surface area contributed by atoms with Gasteiger partial charge in [-0.15, -0.1) is 0 Å². The fourth-order valence-corrected chi connectivity index (χ4v) is 3.99. The Morgan fingerprint density at radius 2 is 1.62 bits per heavy atom. The van der Waals surface area contributed by atoms with Crippen LogP contribution in [0.4, 0.5) is 0 Å². The number of rotatable bonds is 7. The zero-order valence-corrected chi connectivity index (χ0v) is 16.7. The van der Waals surface area contributed by atoms with E-state index in [4.69, 9.17) is 0 Å². The predicted molar refractivity (Wildman–Crippen MR) is 115 cm³/mol. The molecule has 0 N–H and O–H groups in total. The average Bonchev–Trinajstić information content (AvgIpc) is 3.18. The number of thiophene rings is 1. The SMILES string of the molecule is C=C(CN(C)Cc1ccc(C(C)(C)c2ccccc2)cc1)c1ccsc1. The van der Waals surface area contributed by atoms with Crippen LogP contribution in [0.5, 0.6) is 0 Å². The zero-order valence-electron chi connectivity index (χ0n) is 15.9. The molecular weight excluding hydrogens is 334 g/mol. The Balaban J connectivity index is 1.65. The Hall–Kier alpha value is -2.16. The van der Waals surface area contributed by atoms with E-state index >= 15 is 0 Å². The monoisotopic (exact) mass is 361 g/mol. The largest absolute Gasteiger partial charge is 0.298 e. The van der Waals surface area contributed by atoms with Crippen LogP contribution < -0.4 is 0 Å². The second-order valence-corrected chi connectivity index (χ2v) is 8.26. The first-order valence-corrected chi connectivity index (χ1v) is 9.95. The van der Waals surface area contributed by atoms with Gasteiger partial charge in [-0.25, -0.2) is 0 Å². The molecule has 0 aliphatic heterocycles. The number of nitrogens with zero attached hydrogens (tertiary/aromatic N) is 1. The standard InChI is InChI=1S/C24H27NS/c1-19(21-14-15-26-18-21)16-25(4)17-20-10-12-23(13-11-20)24(2,3)22-8-6-5-7-9-22/h5-15,18H,1,16-17H2,2-4H3. The second kappa shape index (κ2) is 8.03. The van der Waals surface area contributed by atoms with Gasteiger partial charge in [0.05, 0.1) is 0 Å². The Morgan fingerprint density at radius 1 is 0.962 bits per heavy atom. The first-order chi connectivity index (χ1) is 12.5. The van der Waals surface area contributed by atoms with Crippen molar-refractivity contribution in [2.75, 3.05) is 13.6 Å². The lowest BCUT2D eigenvalue weighted by molar-refractivity contribution is 0.369. The van der Waals surface area contributed by atoms with Crippen molar-refractivity contribution >= 4 is 16.9 Å². The summed E-state index contributed by atoms with van der Waals surface area (Å²) in [6.07, 6.45) is 0. The lowest BCUT2D eigenvalue weighted by Gasteiger charge is -2.26. The highest BCUT2D eigenvalue weighted by atomic mass is 32.1. The highest BCUT2D eigenvalue weighted by molar-refractivity contribution is 7.08. The molecule has 3 aromatic rings. The van der Waals surface area contributed by atoms with Crippen LogP contribution in [-0.4, -0.2) is 18.5 Å². The van der Waals surface area contributed by atoms with Crippen LogP contribution in [0.25, 0.3) is 5.57 Å². The second-order valence-electron chi connectivity index (χ2n) is 7.48. The molecule has 0 spiro atoms. The lowest BCUT2D eigenvalue weighted by atomic mass is 9.78. The molecule has 0 bridgehead atoms. The van der Waals surface area contributed by atoms with Crippen molar-refractivity contribution in [3.05, 3.63) is 100 Å². The first-order valence-electron chi connectivity index (χ1n) is 9.00. The van der Waals surface area contributed by atoms with Crippen molar-refractivity contribution in [3.63, 3.8) is 0 Å². The molecule has 1 heterocycles. The molecule has 2 heteroatoms. The molecule has 0 radical (unpaired) electrons. The van der Waals surface area contributed by atoms with Gasteiger partial charge in [0.1, 0.15) is 0 Å². The molecule has 0 amide bonds. The van der Waals surface area contributed by atoms with Gasteiger partial charge in [0.2, 0.25) is 0 Å². The first kappa shape index (κ1) is 18.6. The molecule has 134 valence electrons. The molecule has 0 atom stereocenters. The van der Waals surface area contributed by atoms with Crippen LogP contribution in [0.3, 0.4) is 0 Å². The molecule has 0 saturated carbocycles. The van der Waals surface area contributed by atoms with E-state index in [2.05, 4.69) is 104 Å². The van der Waals surface area contributed by atoms with Gasteiger partial charge in [-0.05, 0) is 51.7 Å². The van der Waals surface area contributed by atoms with Crippen LogP contribution in [0, 0.1) is 0 Å². The van der Waals surface area contributed by atoms with Crippen molar-refractivity contribution < 1.29 is 0 Å². The van der Waals surface area contributed by atoms with E-state index in [1.165, 1.54) is 27.8 Å². The Bertz CT molecular complexity index is 830. The number of hydrogen-bond donors (Lipinski definition) is 0. The maximum absolute atomic E-state index is 4.22. The normalized spacial score (nSPS) is 11.7. The van der Waals surface area contributed by atoms with Gasteiger partial charge < -0.3 is 0 Å². The Labute approximate surface area is 161 Å². The molecule has 2 aromatic carbocycles. The van der Waals surface area contributed by atoms with Gasteiger partial charge in [0.25, 0.3) is 0 Å². The maximum atomic E-state index is 4.22. The van der Waals surface area contributed by atoms with Crippen LogP contribution >= 0.6 is 11.3 Å². The molecular formula is C24H27NS. The van der Waals surface area contributed by atoms with E-state index in [-0.39, 0.29) is 5.41 Å². The van der Waals surface area contributed by atoms with E-state index in [0.717, 1.165) is 13.1 Å². The van der Waals surface area contributed by atoms with Gasteiger partial charge in [0, 0.05) is 18.5 Å². The third-order valence-electron chi connectivity index (χ3n) is 5.01. The number of benzene rings is 2. The minimum atomic E-state index is 0.0128. The van der Waals surface area contributed by atoms with Crippen molar-refractivity contribution in [1.82, 2.24) is 4.90 Å². The third-order valence-corrected chi connectivity index (χ3v) is 5.70. The van der Waals surface area contributed by atoms with E-state index in [1.807, 2.05) is 0 Å². The minimum absolute atomic E-state index is 0.0128. The molecule has 0 aliphatic rings. The van der Waals surface area contributed by atoms with E-state index in [9.17, 15) is 0 Å². The molecule has 0 fully saturated rings. The summed E-state index contributed by atoms with van der Waals surface area (Å²) < 4.78 is 0. The summed E-state index contributed by atoms with van der Waals surface area (Å²) in [5.41, 5.74) is 6.46. The molecule has 3 rings (SSSR count). The summed E-state index contributed by atoms with van der Waals surface area (Å²) in [4.78, 5) is 2.32. The summed E-state index contributed by atoms with van der Waals surface area (Å²) in [6, 6.07) is 21.9. The smallest absolute Gasteiger partial charge is 0.0234 e. The predicted octanol–water partition coefficient (Wildman–Crippen LogP) is 6.22. The van der Waals surface area contributed by atoms with Crippen molar-refractivity contribution in [1.29, 1.82) is 0 Å². The van der Waals surface area contributed by atoms with Gasteiger partial charge in [-0.1, -0.05) is 75.0 Å². The lowest BCUT2D eigenvalue weighted by Crippen LogP contribution is -2.21. The van der Waals surface area contributed by atoms with Crippen LogP contribution in [0.1, 0.15) is 36.1 Å². The van der Waals surface area contributed by atoms with Crippen LogP contribution in [0.2, 0.25) is 0 Å². The summed E-state index contributed by atoms with van der Waals surface area (Å²) in [7, 11) is 2.15. The van der Waals surface area contributed by atoms with Crippen LogP contribution in [0.15, 0.2) is 78.0 Å². The molecule has 0 aliphatic carbocycles. The quantitative estimate of drug-likeness (QED) is 0.483. The molecule has 0 saturated heterocycles. The third kappa shape index (κ3) is 4.32. The Kier molecular flexibility index (Phi) is 5.75. The molecule has 26 heavy (non-hydrogen) atoms. The maximum Gasteiger partial charge on any atom is 0.0234 e. The van der Waals surface area contributed by atoms with E-state index in [0.29, 0.717) is 0 Å². The zero-order chi connectivity index (χ0) is 18.6. The van der Waals surface area contributed by atoms with Crippen molar-refractivity contribution in [2.45, 2.75) is 25.8 Å². The summed E-state index contributed by atoms with van der Waals surface area (Å²) in [5, 5.41) is 4.27. The highest BCUT2D eigenvalue weighted by Gasteiger charge is 2.22. The average molecular weight is 362 g/mol. The summed E-state index contributed by atoms with van der Waals surface area (Å²) in [5.74, 6) is 0. The number of likely N-dealkylation sites (N-methyl/N-ethyl adjacent to an activating group) is 1. The van der Waals surface area contributed by atoms with Gasteiger partial charge in [0.15, 0.2) is 0 Å². The molecule has 0 unspecified atom stereocenters. The molecule has 1 nitrogen and oxygen atoms in total. The highest BCUT2D eigenvalue weighted by Crippen LogP contribution is 2.31. The van der Waals surface area contributed by atoms with Crippen LogP contribution in [-0.2, 0) is 12.0 Å². The van der Waals surface area contributed by atoms with Gasteiger partial charge >= 0.3 is 0 Å². The van der Waals surface area contributed by atoms with Gasteiger partial charge in [-0.3, -0.25) is 4.90 Å². The fourth-order valence-electron chi connectivity index (χ4n) is 3.30. The summed E-state index contributed by atoms with van der Waals surface area (Å²) in [6.45, 7) is 10.6. The minimum Gasteiger partial charge on any atom is -0.298 e.